The number of rotatable bonds is 4. The number of halogens is 1. The van der Waals surface area contributed by atoms with E-state index in [1.165, 1.54) is 51.4 Å². The third-order valence-electron chi connectivity index (χ3n) is 6.11. The Morgan fingerprint density at radius 2 is 1.80 bits per heavy atom. The second-order valence-electron chi connectivity index (χ2n) is 8.45. The fraction of sp³-hybridized carbons (Fsp3) is 0.500. The van der Waals surface area contributed by atoms with Crippen LogP contribution in [0, 0.1) is 5.92 Å². The monoisotopic (exact) mass is 444 g/mol. The molecular weight excluding hydrogens is 415 g/mol. The molecule has 0 saturated heterocycles. The summed E-state index contributed by atoms with van der Waals surface area (Å²) in [7, 11) is 0. The highest BCUT2D eigenvalue weighted by Crippen LogP contribution is 2.38. The lowest BCUT2D eigenvalue weighted by Gasteiger charge is -2.26. The van der Waals surface area contributed by atoms with Crippen LogP contribution >= 0.6 is 22.6 Å². The van der Waals surface area contributed by atoms with Gasteiger partial charge in [0.2, 0.25) is 0 Å². The Balaban J connectivity index is 1.57. The van der Waals surface area contributed by atoms with Crippen molar-refractivity contribution < 1.29 is 0 Å². The van der Waals surface area contributed by atoms with Crippen molar-refractivity contribution in [1.82, 2.24) is 0 Å². The van der Waals surface area contributed by atoms with E-state index in [1.807, 2.05) is 0 Å². The van der Waals surface area contributed by atoms with Gasteiger partial charge in [-0.25, -0.2) is 0 Å². The molecule has 0 heterocycles. The van der Waals surface area contributed by atoms with Crippen LogP contribution in [0.1, 0.15) is 68.2 Å². The topological polar surface area (TPSA) is 0 Å². The molecule has 0 amide bonds. The summed E-state index contributed by atoms with van der Waals surface area (Å²) in [4.78, 5) is 0. The molecule has 0 aromatic heterocycles. The average molecular weight is 444 g/mol. The van der Waals surface area contributed by atoms with Crippen molar-refractivity contribution in [3.05, 3.63) is 69.8 Å². The van der Waals surface area contributed by atoms with Crippen LogP contribution in [0.25, 0.3) is 0 Å². The fourth-order valence-electron chi connectivity index (χ4n) is 4.66. The number of aryl methyl sites for hydroxylation is 3. The van der Waals surface area contributed by atoms with Gasteiger partial charge in [0, 0.05) is 3.42 Å². The molecule has 3 aliphatic rings. The van der Waals surface area contributed by atoms with Crippen LogP contribution < -0.4 is 0 Å². The van der Waals surface area contributed by atoms with Gasteiger partial charge in [0.25, 0.3) is 0 Å². The van der Waals surface area contributed by atoms with Crippen molar-refractivity contribution in [3.63, 3.8) is 0 Å². The zero-order valence-electron chi connectivity index (χ0n) is 15.6. The maximum Gasteiger partial charge on any atom is 0.0417 e. The lowest BCUT2D eigenvalue weighted by molar-refractivity contribution is 0.655. The molecule has 0 bridgehead atoms. The second-order valence-corrected chi connectivity index (χ2v) is 11.1. The summed E-state index contributed by atoms with van der Waals surface area (Å²) in [5.41, 5.74) is 9.51. The third-order valence-corrected chi connectivity index (χ3v) is 6.69. The summed E-state index contributed by atoms with van der Waals surface area (Å²) < 4.78 is 0.207. The van der Waals surface area contributed by atoms with E-state index in [4.69, 9.17) is 0 Å². The van der Waals surface area contributed by atoms with Crippen molar-refractivity contribution in [2.24, 2.45) is 5.92 Å². The average Bonchev–Trinajstić information content (AvgIpc) is 3.06. The van der Waals surface area contributed by atoms with Crippen molar-refractivity contribution in [3.8, 4) is 0 Å². The predicted octanol–water partition coefficient (Wildman–Crippen LogP) is 7.00. The van der Waals surface area contributed by atoms with Crippen LogP contribution in [-0.2, 0) is 22.7 Å². The fourth-order valence-corrected chi connectivity index (χ4v) is 5.16. The third kappa shape index (κ3) is 3.82. The first kappa shape index (κ1) is 17.6. The molecule has 3 aliphatic carbocycles. The number of hydrogen-bond acceptors (Lipinski definition) is 0. The van der Waals surface area contributed by atoms with E-state index in [-0.39, 0.29) is 3.42 Å². The summed E-state index contributed by atoms with van der Waals surface area (Å²) >= 11 is 2.62. The van der Waals surface area contributed by atoms with E-state index >= 15 is 0 Å². The standard InChI is InChI=1S/C24H29I/c1-24(2,25)23-16-21-7-4-3-6-20(21)15-22(23)13-11-17-10-12-18-8-5-9-19(18)14-17/h5,9-10,14-16,18H,3-4,6-8,11-13H2,1-2H3. The van der Waals surface area contributed by atoms with Gasteiger partial charge < -0.3 is 0 Å². The van der Waals surface area contributed by atoms with Crippen LogP contribution in [0.5, 0.6) is 0 Å². The van der Waals surface area contributed by atoms with Gasteiger partial charge in [-0.1, -0.05) is 64.6 Å². The second kappa shape index (κ2) is 7.06. The first-order chi connectivity index (χ1) is 12.0. The molecule has 0 saturated carbocycles. The van der Waals surface area contributed by atoms with Crippen LogP contribution in [0.15, 0.2) is 47.6 Å². The van der Waals surface area contributed by atoms with Crippen molar-refractivity contribution in [1.29, 1.82) is 0 Å². The van der Waals surface area contributed by atoms with Crippen LogP contribution in [0.3, 0.4) is 0 Å². The van der Waals surface area contributed by atoms with Gasteiger partial charge in [-0.3, -0.25) is 0 Å². The summed E-state index contributed by atoms with van der Waals surface area (Å²) in [6, 6.07) is 5.10. The van der Waals surface area contributed by atoms with E-state index in [9.17, 15) is 0 Å². The minimum Gasteiger partial charge on any atom is -0.0836 e. The molecule has 25 heavy (non-hydrogen) atoms. The quantitative estimate of drug-likeness (QED) is 0.347. The summed E-state index contributed by atoms with van der Waals surface area (Å²) in [6.45, 7) is 4.72. The van der Waals surface area contributed by atoms with E-state index < -0.39 is 0 Å². The highest BCUT2D eigenvalue weighted by molar-refractivity contribution is 14.1. The van der Waals surface area contributed by atoms with Crippen LogP contribution in [0.4, 0.5) is 0 Å². The van der Waals surface area contributed by atoms with Crippen molar-refractivity contribution in [2.75, 3.05) is 0 Å². The molecule has 1 atom stereocenters. The molecule has 1 aromatic carbocycles. The van der Waals surface area contributed by atoms with E-state index in [0.29, 0.717) is 0 Å². The van der Waals surface area contributed by atoms with Gasteiger partial charge in [0.05, 0.1) is 0 Å². The molecule has 0 radical (unpaired) electrons. The lowest BCUT2D eigenvalue weighted by atomic mass is 9.83. The number of fused-ring (bicyclic) bond motifs is 2. The van der Waals surface area contributed by atoms with Crippen molar-refractivity contribution >= 4 is 22.6 Å². The number of alkyl halides is 1. The Morgan fingerprint density at radius 3 is 2.56 bits per heavy atom. The smallest absolute Gasteiger partial charge is 0.0417 e. The maximum atomic E-state index is 2.62. The van der Waals surface area contributed by atoms with Gasteiger partial charge in [0.15, 0.2) is 0 Å². The SMILES string of the molecule is CC(C)(I)c1cc2c(cc1CCC1=CCC3CC=CC3=C1)CCCC2. The lowest BCUT2D eigenvalue weighted by Crippen LogP contribution is -2.14. The van der Waals surface area contributed by atoms with Gasteiger partial charge in [-0.15, -0.1) is 0 Å². The summed E-state index contributed by atoms with van der Waals surface area (Å²) in [5.74, 6) is 0.774. The largest absolute Gasteiger partial charge is 0.0836 e. The highest BCUT2D eigenvalue weighted by Gasteiger charge is 2.23. The molecule has 132 valence electrons. The molecule has 1 unspecified atom stereocenters. The Hall–Kier alpha value is -0.830. The van der Waals surface area contributed by atoms with Gasteiger partial charge in [0.1, 0.15) is 0 Å². The zero-order valence-corrected chi connectivity index (χ0v) is 17.7. The van der Waals surface area contributed by atoms with E-state index in [0.717, 1.165) is 5.92 Å². The van der Waals surface area contributed by atoms with Gasteiger partial charge in [-0.2, -0.15) is 0 Å². The highest BCUT2D eigenvalue weighted by atomic mass is 127. The molecule has 0 aliphatic heterocycles. The minimum atomic E-state index is 0.207. The van der Waals surface area contributed by atoms with Crippen LogP contribution in [0.2, 0.25) is 0 Å². The Morgan fingerprint density at radius 1 is 1.04 bits per heavy atom. The molecular formula is C24H29I. The number of allylic oxidation sites excluding steroid dienone is 6. The molecule has 4 rings (SSSR count). The Kier molecular flexibility index (Phi) is 4.96. The maximum absolute atomic E-state index is 2.62. The zero-order chi connectivity index (χ0) is 17.4. The molecule has 0 N–H and O–H groups in total. The normalized spacial score (nSPS) is 22.3. The Labute approximate surface area is 166 Å². The minimum absolute atomic E-state index is 0.207. The Bertz CT molecular complexity index is 755. The number of hydrogen-bond donors (Lipinski definition) is 0. The first-order valence-corrected chi connectivity index (χ1v) is 11.0. The predicted molar refractivity (Wildman–Crippen MR) is 116 cm³/mol. The molecule has 0 spiro atoms. The van der Waals surface area contributed by atoms with Gasteiger partial charge >= 0.3 is 0 Å². The molecule has 0 fully saturated rings. The molecule has 0 nitrogen and oxygen atoms in total. The van der Waals surface area contributed by atoms with Gasteiger partial charge in [-0.05, 0) is 99.0 Å². The first-order valence-electron chi connectivity index (χ1n) is 9.92. The van der Waals surface area contributed by atoms with E-state index in [1.54, 1.807) is 33.4 Å². The molecule has 1 heteroatoms. The summed E-state index contributed by atoms with van der Waals surface area (Å²) in [5, 5.41) is 0. The number of benzene rings is 1. The van der Waals surface area contributed by atoms with Crippen LogP contribution in [-0.4, -0.2) is 0 Å². The van der Waals surface area contributed by atoms with E-state index in [2.05, 4.69) is 72.9 Å². The molecule has 1 aromatic rings. The summed E-state index contributed by atoms with van der Waals surface area (Å²) in [6.07, 6.45) is 19.8. The van der Waals surface area contributed by atoms with Crippen molar-refractivity contribution in [2.45, 2.75) is 68.6 Å².